The third-order valence-electron chi connectivity index (χ3n) is 3.64. The summed E-state index contributed by atoms with van der Waals surface area (Å²) in [4.78, 5) is 36.8. The van der Waals surface area contributed by atoms with Gasteiger partial charge in [-0.1, -0.05) is 27.7 Å². The van der Waals surface area contributed by atoms with Gasteiger partial charge in [-0.2, -0.15) is 0 Å². The van der Waals surface area contributed by atoms with Crippen molar-refractivity contribution in [1.29, 1.82) is 0 Å². The zero-order valence-electron chi connectivity index (χ0n) is 12.9. The lowest BCUT2D eigenvalue weighted by Gasteiger charge is -2.49. The summed E-state index contributed by atoms with van der Waals surface area (Å²) in [5.41, 5.74) is 0.612. The molecule has 10 nitrogen and oxygen atoms in total. The Morgan fingerprint density at radius 2 is 2.28 bits per heavy atom. The quantitative estimate of drug-likeness (QED) is 0.333. The minimum absolute atomic E-state index is 0.0132. The van der Waals surface area contributed by atoms with Crippen molar-refractivity contribution in [2.45, 2.75) is 16.6 Å². The number of fused-ring (bicyclic) bond motifs is 1. The van der Waals surface area contributed by atoms with Gasteiger partial charge in [-0.3, -0.25) is 14.5 Å². The van der Waals surface area contributed by atoms with Gasteiger partial charge >= 0.3 is 5.97 Å². The number of amides is 2. The molecule has 0 aromatic carbocycles. The SMILES string of the molecule is Cn1nnnc1SCC1=C(C(=O)O)N2C(=O)C(NC(=O)CBr)[C@H]2SC1. The maximum Gasteiger partial charge on any atom is 0.352 e. The van der Waals surface area contributed by atoms with Crippen LogP contribution in [0.3, 0.4) is 0 Å². The van der Waals surface area contributed by atoms with Crippen LogP contribution in [-0.2, 0) is 21.4 Å². The first-order chi connectivity index (χ1) is 11.9. The van der Waals surface area contributed by atoms with Gasteiger partial charge in [-0.15, -0.1) is 16.9 Å². The molecule has 134 valence electrons. The van der Waals surface area contributed by atoms with Crippen molar-refractivity contribution in [3.8, 4) is 0 Å². The van der Waals surface area contributed by atoms with Gasteiger partial charge in [0.15, 0.2) is 0 Å². The number of hydrogen-bond acceptors (Lipinski definition) is 8. The van der Waals surface area contributed by atoms with Gasteiger partial charge in [-0.25, -0.2) is 9.48 Å². The highest BCUT2D eigenvalue weighted by atomic mass is 79.9. The predicted molar refractivity (Wildman–Crippen MR) is 93.0 cm³/mol. The zero-order chi connectivity index (χ0) is 18.1. The summed E-state index contributed by atoms with van der Waals surface area (Å²) >= 11 is 5.76. The zero-order valence-corrected chi connectivity index (χ0v) is 16.1. The summed E-state index contributed by atoms with van der Waals surface area (Å²) < 4.78 is 1.49. The molecule has 2 amide bonds. The van der Waals surface area contributed by atoms with Gasteiger partial charge in [0.25, 0.3) is 5.91 Å². The normalized spacial score (nSPS) is 22.5. The average Bonchev–Trinajstić information content (AvgIpc) is 3.01. The Labute approximate surface area is 158 Å². The highest BCUT2D eigenvalue weighted by molar-refractivity contribution is 9.09. The highest BCUT2D eigenvalue weighted by Crippen LogP contribution is 2.41. The van der Waals surface area contributed by atoms with E-state index in [0.717, 1.165) is 0 Å². The van der Waals surface area contributed by atoms with E-state index >= 15 is 0 Å². The Hall–Kier alpha value is -1.60. The lowest BCUT2D eigenvalue weighted by Crippen LogP contribution is -2.70. The minimum atomic E-state index is -1.16. The van der Waals surface area contributed by atoms with Gasteiger partial charge in [0, 0.05) is 18.6 Å². The summed E-state index contributed by atoms with van der Waals surface area (Å²) in [6.07, 6.45) is 0. The van der Waals surface area contributed by atoms with Crippen LogP contribution < -0.4 is 5.32 Å². The van der Waals surface area contributed by atoms with Crippen molar-refractivity contribution in [3.63, 3.8) is 0 Å². The van der Waals surface area contributed by atoms with Gasteiger partial charge in [-0.05, 0) is 16.0 Å². The molecule has 2 aliphatic heterocycles. The van der Waals surface area contributed by atoms with E-state index in [0.29, 0.717) is 22.2 Å². The number of aryl methyl sites for hydroxylation is 1. The largest absolute Gasteiger partial charge is 0.477 e. The van der Waals surface area contributed by atoms with Crippen LogP contribution in [0.25, 0.3) is 0 Å². The molecule has 1 aromatic rings. The number of carboxylic acid groups (broad SMARTS) is 1. The third-order valence-corrected chi connectivity index (χ3v) is 6.59. The molecule has 1 aromatic heterocycles. The number of hydrogen-bond donors (Lipinski definition) is 2. The second-order valence-corrected chi connectivity index (χ2v) is 7.83. The molecule has 0 aliphatic carbocycles. The van der Waals surface area contributed by atoms with Crippen LogP contribution in [0.4, 0.5) is 0 Å². The van der Waals surface area contributed by atoms with Crippen LogP contribution in [0.15, 0.2) is 16.4 Å². The second kappa shape index (κ2) is 7.33. The number of aromatic nitrogens is 4. The lowest BCUT2D eigenvalue weighted by molar-refractivity contribution is -0.150. The van der Waals surface area contributed by atoms with E-state index in [1.807, 2.05) is 0 Å². The molecule has 1 unspecified atom stereocenters. The fourth-order valence-corrected chi connectivity index (χ4v) is 5.00. The number of nitrogens with zero attached hydrogens (tertiary/aromatic N) is 5. The maximum absolute atomic E-state index is 12.3. The summed E-state index contributed by atoms with van der Waals surface area (Å²) in [6, 6.07) is -0.693. The summed E-state index contributed by atoms with van der Waals surface area (Å²) in [7, 11) is 1.69. The Morgan fingerprint density at radius 1 is 1.52 bits per heavy atom. The van der Waals surface area contributed by atoms with Gasteiger partial charge in [0.05, 0.1) is 5.33 Å². The van der Waals surface area contributed by atoms with Gasteiger partial charge in [0.2, 0.25) is 11.1 Å². The van der Waals surface area contributed by atoms with Crippen LogP contribution in [0.5, 0.6) is 0 Å². The number of aliphatic carboxylic acids is 1. The Morgan fingerprint density at radius 3 is 2.88 bits per heavy atom. The van der Waals surface area contributed by atoms with Crippen LogP contribution in [0.1, 0.15) is 0 Å². The molecule has 0 bridgehead atoms. The first kappa shape index (κ1) is 18.2. The molecule has 25 heavy (non-hydrogen) atoms. The number of rotatable bonds is 6. The fourth-order valence-electron chi connectivity index (χ4n) is 2.50. The highest BCUT2D eigenvalue weighted by Gasteiger charge is 2.54. The van der Waals surface area contributed by atoms with Crippen molar-refractivity contribution in [3.05, 3.63) is 11.3 Å². The number of carboxylic acids is 1. The minimum Gasteiger partial charge on any atom is -0.477 e. The third kappa shape index (κ3) is 3.40. The molecule has 2 aliphatic rings. The molecule has 2 N–H and O–H groups in total. The Kier molecular flexibility index (Phi) is 5.34. The first-order valence-corrected chi connectivity index (χ1v) is 10.2. The Balaban J connectivity index is 1.77. The summed E-state index contributed by atoms with van der Waals surface area (Å²) in [5, 5.41) is 23.5. The fraction of sp³-hybridized carbons (Fsp3) is 0.500. The van der Waals surface area contributed by atoms with Crippen LogP contribution in [0.2, 0.25) is 0 Å². The van der Waals surface area contributed by atoms with Crippen LogP contribution in [-0.4, -0.2) is 76.2 Å². The average molecular weight is 449 g/mol. The number of alkyl halides is 1. The van der Waals surface area contributed by atoms with Crippen molar-refractivity contribution in [2.75, 3.05) is 16.8 Å². The van der Waals surface area contributed by atoms with E-state index in [4.69, 9.17) is 0 Å². The maximum atomic E-state index is 12.3. The standard InChI is InChI=1S/C12H13BrN6O4S2/c1-18-12(15-16-17-18)25-4-5-3-24-10-7(14-6(20)2-13)9(21)19(10)8(5)11(22)23/h7,10H,2-4H2,1H3,(H,14,20)(H,22,23)/t7?,10-/m1/s1. The summed E-state index contributed by atoms with van der Waals surface area (Å²) in [5.74, 6) is -1.06. The second-order valence-electron chi connectivity index (χ2n) is 5.22. The van der Waals surface area contributed by atoms with Crippen molar-refractivity contribution in [1.82, 2.24) is 30.4 Å². The molecule has 1 fully saturated rings. The molecule has 2 atom stereocenters. The van der Waals surface area contributed by atoms with Gasteiger partial charge in [0.1, 0.15) is 17.1 Å². The topological polar surface area (TPSA) is 130 Å². The molecule has 1 saturated heterocycles. The van der Waals surface area contributed by atoms with Gasteiger partial charge < -0.3 is 10.4 Å². The van der Waals surface area contributed by atoms with E-state index in [1.54, 1.807) is 7.05 Å². The lowest BCUT2D eigenvalue weighted by atomic mass is 10.0. The smallest absolute Gasteiger partial charge is 0.352 e. The van der Waals surface area contributed by atoms with Crippen molar-refractivity contribution in [2.24, 2.45) is 7.05 Å². The molecule has 0 saturated carbocycles. The molecule has 0 radical (unpaired) electrons. The van der Waals surface area contributed by atoms with E-state index in [1.165, 1.54) is 33.1 Å². The molecular formula is C12H13BrN6O4S2. The van der Waals surface area contributed by atoms with E-state index in [2.05, 4.69) is 36.8 Å². The number of β-lactam (4-membered cyclic amide) rings is 1. The van der Waals surface area contributed by atoms with E-state index in [-0.39, 0.29) is 16.9 Å². The van der Waals surface area contributed by atoms with E-state index < -0.39 is 23.3 Å². The Bertz CT molecular complexity index is 769. The molecule has 13 heteroatoms. The molecule has 0 spiro atoms. The first-order valence-electron chi connectivity index (χ1n) is 7.04. The number of nitrogens with one attached hydrogen (secondary N) is 1. The monoisotopic (exact) mass is 448 g/mol. The van der Waals surface area contributed by atoms with E-state index in [9.17, 15) is 19.5 Å². The number of carbonyl (C=O) groups excluding carboxylic acids is 2. The number of halogens is 1. The van der Waals surface area contributed by atoms with Crippen LogP contribution >= 0.6 is 39.5 Å². The molecule has 3 rings (SSSR count). The summed E-state index contributed by atoms with van der Waals surface area (Å²) in [6.45, 7) is 0. The molecular weight excluding hydrogens is 436 g/mol. The predicted octanol–water partition coefficient (Wildman–Crippen LogP) is -0.564. The number of tetrazole rings is 1. The number of thioether (sulfide) groups is 2. The van der Waals surface area contributed by atoms with Crippen molar-refractivity contribution >= 4 is 57.2 Å². The van der Waals surface area contributed by atoms with Crippen LogP contribution in [0, 0.1) is 0 Å². The molecule has 3 heterocycles. The van der Waals surface area contributed by atoms with Crippen molar-refractivity contribution < 1.29 is 19.5 Å². The number of carbonyl (C=O) groups is 3.